The smallest absolute Gasteiger partial charge is 0.412 e. The lowest BCUT2D eigenvalue weighted by molar-refractivity contribution is -0.131. The Balaban J connectivity index is 1.95. The minimum atomic E-state index is -1.10. The van der Waals surface area contributed by atoms with Gasteiger partial charge in [-0.3, -0.25) is 10.1 Å². The molecule has 0 aliphatic heterocycles. The molecule has 3 N–H and O–H groups in total. The summed E-state index contributed by atoms with van der Waals surface area (Å²) in [6.45, 7) is 1.45. The number of carboxylic acids is 1. The van der Waals surface area contributed by atoms with Gasteiger partial charge in [0.05, 0.1) is 4.47 Å². The van der Waals surface area contributed by atoms with Crippen molar-refractivity contribution in [3.63, 3.8) is 0 Å². The highest BCUT2D eigenvalue weighted by Crippen LogP contribution is 2.40. The number of phenols is 1. The fourth-order valence-electron chi connectivity index (χ4n) is 3.58. The third-order valence-electron chi connectivity index (χ3n) is 5.38. The molecule has 3 aromatic rings. The number of benzene rings is 3. The largest absolute Gasteiger partial charge is 0.506 e. The molecule has 3 rings (SSSR count). The summed E-state index contributed by atoms with van der Waals surface area (Å²) < 4.78 is 13.0. The second-order valence-corrected chi connectivity index (χ2v) is 9.97. The van der Waals surface area contributed by atoms with Crippen molar-refractivity contribution in [2.75, 3.05) is 5.32 Å². The van der Waals surface area contributed by atoms with Crippen molar-refractivity contribution < 1.29 is 34.1 Å². The van der Waals surface area contributed by atoms with E-state index in [9.17, 15) is 19.5 Å². The first kappa shape index (κ1) is 28.9. The summed E-state index contributed by atoms with van der Waals surface area (Å²) >= 11 is 6.73. The van der Waals surface area contributed by atoms with Crippen LogP contribution in [-0.4, -0.2) is 34.2 Å². The number of nitrogens with one attached hydrogen (secondary N) is 1. The lowest BCUT2D eigenvalue weighted by Crippen LogP contribution is -2.31. The second kappa shape index (κ2) is 13.8. The predicted octanol–water partition coefficient (Wildman–Crippen LogP) is 7.28. The number of halogens is 2. The summed E-state index contributed by atoms with van der Waals surface area (Å²) in [6.07, 6.45) is 0.339. The van der Waals surface area contributed by atoms with E-state index in [4.69, 9.17) is 14.6 Å². The normalized spacial score (nSPS) is 12.5. The maximum absolute atomic E-state index is 13.0. The third-order valence-corrected chi connectivity index (χ3v) is 6.44. The van der Waals surface area contributed by atoms with Gasteiger partial charge in [-0.1, -0.05) is 40.2 Å². The first-order valence-corrected chi connectivity index (χ1v) is 13.1. The van der Waals surface area contributed by atoms with Crippen LogP contribution in [0.1, 0.15) is 41.8 Å². The third kappa shape index (κ3) is 8.46. The van der Waals surface area contributed by atoms with Crippen LogP contribution in [-0.2, 0) is 9.53 Å². The van der Waals surface area contributed by atoms with Crippen molar-refractivity contribution in [3.8, 4) is 11.5 Å². The quantitative estimate of drug-likeness (QED) is 0.148. The highest BCUT2D eigenvalue weighted by atomic mass is 79.9. The molecule has 0 aliphatic carbocycles. The van der Waals surface area contributed by atoms with E-state index in [1.807, 2.05) is 6.07 Å². The van der Waals surface area contributed by atoms with Crippen LogP contribution in [0.25, 0.3) is 0 Å². The van der Waals surface area contributed by atoms with Crippen LogP contribution in [0.4, 0.5) is 10.5 Å². The monoisotopic (exact) mass is 645 g/mol. The number of anilines is 1. The molecule has 0 aromatic heterocycles. The molecule has 2 atom stereocenters. The molecular weight excluding hydrogens is 622 g/mol. The van der Waals surface area contributed by atoms with Gasteiger partial charge in [-0.15, -0.1) is 0 Å². The lowest BCUT2D eigenvalue weighted by atomic mass is 9.99. The molecule has 8 nitrogen and oxygen atoms in total. The second-order valence-electron chi connectivity index (χ2n) is 8.20. The van der Waals surface area contributed by atoms with Crippen molar-refractivity contribution in [3.05, 3.63) is 99.0 Å². The number of allylic oxidation sites excluding steroid dienone is 1. The lowest BCUT2D eigenvalue weighted by Gasteiger charge is -2.29. The predicted molar refractivity (Wildman–Crippen MR) is 150 cm³/mol. The topological polar surface area (TPSA) is 122 Å². The average Bonchev–Trinajstić information content (AvgIpc) is 2.87. The molecule has 0 saturated heterocycles. The van der Waals surface area contributed by atoms with Gasteiger partial charge in [0.15, 0.2) is 11.9 Å². The Morgan fingerprint density at radius 2 is 1.71 bits per heavy atom. The van der Waals surface area contributed by atoms with Crippen LogP contribution in [0.3, 0.4) is 0 Å². The SMILES string of the molecule is CC(=O)c1ccc(NC(=O)O[C@@H](c2cc(Br)cc(Br)c2O)[C@H](CC/C=C/C(=O)O)Oc2ccccc2)cc1. The summed E-state index contributed by atoms with van der Waals surface area (Å²) in [6, 6.07) is 18.5. The molecule has 198 valence electrons. The molecule has 3 aromatic carbocycles. The number of ketones is 1. The number of carbonyl (C=O) groups excluding carboxylic acids is 2. The van der Waals surface area contributed by atoms with Gasteiger partial charge >= 0.3 is 12.1 Å². The number of amides is 1. The van der Waals surface area contributed by atoms with Gasteiger partial charge in [-0.05, 0) is 84.2 Å². The van der Waals surface area contributed by atoms with Crippen LogP contribution >= 0.6 is 31.9 Å². The van der Waals surface area contributed by atoms with Crippen molar-refractivity contribution >= 4 is 55.4 Å². The summed E-state index contributed by atoms with van der Waals surface area (Å²) in [5, 5.41) is 22.5. The molecule has 0 spiro atoms. The van der Waals surface area contributed by atoms with E-state index in [0.717, 1.165) is 6.08 Å². The molecule has 0 heterocycles. The fraction of sp³-hybridized carbons (Fsp3) is 0.179. The average molecular weight is 647 g/mol. The van der Waals surface area contributed by atoms with E-state index < -0.39 is 24.3 Å². The van der Waals surface area contributed by atoms with E-state index in [1.165, 1.54) is 13.0 Å². The standard InChI is InChI=1S/C28H25Br2NO7/c1-17(32)18-11-13-20(14-12-18)31-28(36)38-27(22-15-19(29)16-23(30)26(22)35)24(9-5-6-10-25(33)34)37-21-7-3-2-4-8-21/h2-4,6-8,10-16,24,27,35H,5,9H2,1H3,(H,31,36)(H,33,34)/b10-6+/t24-,27-/m0/s1. The number of hydrogen-bond donors (Lipinski definition) is 3. The molecule has 38 heavy (non-hydrogen) atoms. The number of ether oxygens (including phenoxy) is 2. The molecule has 1 amide bonds. The number of aromatic hydroxyl groups is 1. The Morgan fingerprint density at radius 3 is 2.34 bits per heavy atom. The van der Waals surface area contributed by atoms with E-state index in [0.29, 0.717) is 32.4 Å². The number of phenolic OH excluding ortho intramolecular Hbond substituents is 1. The zero-order valence-electron chi connectivity index (χ0n) is 20.3. The van der Waals surface area contributed by atoms with Gasteiger partial charge in [-0.25, -0.2) is 9.59 Å². The Hall–Kier alpha value is -3.63. The summed E-state index contributed by atoms with van der Waals surface area (Å²) in [4.78, 5) is 35.5. The summed E-state index contributed by atoms with van der Waals surface area (Å²) in [5.74, 6) is -0.823. The maximum atomic E-state index is 13.0. The summed E-state index contributed by atoms with van der Waals surface area (Å²) in [7, 11) is 0. The van der Waals surface area contributed by atoms with Crippen molar-refractivity contribution in [1.29, 1.82) is 0 Å². The van der Waals surface area contributed by atoms with Crippen molar-refractivity contribution in [2.24, 2.45) is 0 Å². The van der Waals surface area contributed by atoms with E-state index in [-0.39, 0.29) is 23.5 Å². The van der Waals surface area contributed by atoms with Crippen LogP contribution < -0.4 is 10.1 Å². The minimum Gasteiger partial charge on any atom is -0.506 e. The number of para-hydroxylation sites is 1. The van der Waals surface area contributed by atoms with Gasteiger partial charge in [0.2, 0.25) is 0 Å². The minimum absolute atomic E-state index is 0.104. The van der Waals surface area contributed by atoms with Gasteiger partial charge in [0.1, 0.15) is 17.6 Å². The Bertz CT molecular complexity index is 1310. The molecule has 0 saturated carbocycles. The first-order valence-electron chi connectivity index (χ1n) is 11.5. The fourth-order valence-corrected chi connectivity index (χ4v) is 4.84. The van der Waals surface area contributed by atoms with Gasteiger partial charge in [0, 0.05) is 27.4 Å². The molecule has 0 radical (unpaired) electrons. The van der Waals surface area contributed by atoms with E-state index in [2.05, 4.69) is 37.2 Å². The summed E-state index contributed by atoms with van der Waals surface area (Å²) in [5.41, 5.74) is 1.18. The Labute approximate surface area is 236 Å². The number of carboxylic acid groups (broad SMARTS) is 1. The number of carbonyl (C=O) groups is 3. The van der Waals surface area contributed by atoms with Crippen LogP contribution in [0.2, 0.25) is 0 Å². The molecular formula is C28H25Br2NO7. The van der Waals surface area contributed by atoms with E-state index >= 15 is 0 Å². The molecule has 0 aliphatic rings. The first-order chi connectivity index (χ1) is 18.1. The Morgan fingerprint density at radius 1 is 1.03 bits per heavy atom. The number of rotatable bonds is 11. The molecule has 0 bridgehead atoms. The van der Waals surface area contributed by atoms with Crippen LogP contribution in [0.15, 0.2) is 87.8 Å². The van der Waals surface area contributed by atoms with Crippen molar-refractivity contribution in [2.45, 2.75) is 32.0 Å². The van der Waals surface area contributed by atoms with E-state index in [1.54, 1.807) is 60.7 Å². The zero-order valence-corrected chi connectivity index (χ0v) is 23.4. The van der Waals surface area contributed by atoms with Gasteiger partial charge in [0.25, 0.3) is 0 Å². The van der Waals surface area contributed by atoms with Gasteiger partial charge < -0.3 is 19.7 Å². The van der Waals surface area contributed by atoms with Crippen molar-refractivity contribution in [1.82, 2.24) is 0 Å². The van der Waals surface area contributed by atoms with Crippen LogP contribution in [0.5, 0.6) is 11.5 Å². The Kier molecular flexibility index (Phi) is 10.5. The molecule has 0 fully saturated rings. The number of hydrogen-bond acceptors (Lipinski definition) is 6. The maximum Gasteiger partial charge on any atom is 0.412 e. The highest BCUT2D eigenvalue weighted by Gasteiger charge is 2.32. The number of aliphatic carboxylic acids is 1. The molecule has 10 heteroatoms. The highest BCUT2D eigenvalue weighted by molar-refractivity contribution is 9.11. The van der Waals surface area contributed by atoms with Gasteiger partial charge in [-0.2, -0.15) is 0 Å². The molecule has 0 unspecified atom stereocenters. The zero-order chi connectivity index (χ0) is 27.7. The van der Waals surface area contributed by atoms with Crippen LogP contribution in [0, 0.1) is 0 Å². The number of Topliss-reactive ketones (excluding diaryl/α,β-unsaturated/α-hetero) is 1.